The molecule has 0 radical (unpaired) electrons. The monoisotopic (exact) mass is 590 g/mol. The normalized spacial score (nSPS) is 17.6. The Morgan fingerprint density at radius 2 is 1.63 bits per heavy atom. The van der Waals surface area contributed by atoms with Crippen molar-refractivity contribution in [2.45, 2.75) is 39.0 Å². The van der Waals surface area contributed by atoms with Gasteiger partial charge in [0.15, 0.2) is 0 Å². The van der Waals surface area contributed by atoms with Gasteiger partial charge >= 0.3 is 6.03 Å². The molecule has 0 fully saturated rings. The number of ether oxygens (including phenoxy) is 3. The highest BCUT2D eigenvalue weighted by Crippen LogP contribution is 2.29. The van der Waals surface area contributed by atoms with Crippen molar-refractivity contribution in [1.82, 2.24) is 9.80 Å². The predicted molar refractivity (Wildman–Crippen MR) is 167 cm³/mol. The van der Waals surface area contributed by atoms with E-state index in [-0.39, 0.29) is 37.0 Å². The standard InChI is InChI=1S/C33H42N4O6/c1-22-18-37(23(2)21-38)32(39)17-25-16-27(35-33(40)34-26-8-13-29(42-5)14-9-26)10-15-30(25)43-31(22)20-36(3)19-24-6-11-28(41-4)12-7-24/h6-16,22-23,31,38H,17-21H2,1-5H3,(H2,34,35,40)/t22-,23+,31-/m0/s1. The summed E-state index contributed by atoms with van der Waals surface area (Å²) in [7, 11) is 5.28. The molecule has 10 heteroatoms. The van der Waals surface area contributed by atoms with E-state index in [9.17, 15) is 14.7 Å². The summed E-state index contributed by atoms with van der Waals surface area (Å²) in [5.74, 6) is 1.98. The summed E-state index contributed by atoms with van der Waals surface area (Å²) in [6.07, 6.45) is -0.158. The number of benzene rings is 3. The number of methoxy groups -OCH3 is 2. The molecule has 1 aliphatic rings. The molecule has 10 nitrogen and oxygen atoms in total. The van der Waals surface area contributed by atoms with Gasteiger partial charge in [-0.3, -0.25) is 9.69 Å². The molecule has 3 atom stereocenters. The lowest BCUT2D eigenvalue weighted by Crippen LogP contribution is -2.47. The van der Waals surface area contributed by atoms with Crippen molar-refractivity contribution in [3.05, 3.63) is 77.9 Å². The number of carbonyl (C=O) groups is 2. The third-order valence-electron chi connectivity index (χ3n) is 7.63. The van der Waals surface area contributed by atoms with E-state index in [0.717, 1.165) is 11.3 Å². The summed E-state index contributed by atoms with van der Waals surface area (Å²) in [5, 5.41) is 15.6. The van der Waals surface area contributed by atoms with Crippen LogP contribution < -0.4 is 24.8 Å². The molecule has 0 spiro atoms. The lowest BCUT2D eigenvalue weighted by molar-refractivity contribution is -0.134. The first-order valence-corrected chi connectivity index (χ1v) is 14.4. The molecule has 43 heavy (non-hydrogen) atoms. The van der Waals surface area contributed by atoms with Gasteiger partial charge in [0, 0.05) is 42.5 Å². The lowest BCUT2D eigenvalue weighted by Gasteiger charge is -2.34. The van der Waals surface area contributed by atoms with Gasteiger partial charge in [-0.05, 0) is 74.1 Å². The number of nitrogens with zero attached hydrogens (tertiary/aromatic N) is 2. The molecule has 3 aromatic carbocycles. The van der Waals surface area contributed by atoms with E-state index in [2.05, 4.69) is 22.5 Å². The summed E-state index contributed by atoms with van der Waals surface area (Å²) in [6, 6.07) is 19.6. The first kappa shape index (κ1) is 31.7. The number of likely N-dealkylation sites (N-methyl/N-ethyl adjacent to an activating group) is 1. The predicted octanol–water partition coefficient (Wildman–Crippen LogP) is 4.63. The van der Waals surface area contributed by atoms with Gasteiger partial charge < -0.3 is 34.9 Å². The Labute approximate surface area is 253 Å². The SMILES string of the molecule is COc1ccc(CN(C)C[C@@H]2Oc3ccc(NC(=O)Nc4ccc(OC)cc4)cc3CC(=O)N([C@H](C)CO)C[C@@H]2C)cc1. The van der Waals surface area contributed by atoms with Gasteiger partial charge in [0.2, 0.25) is 5.91 Å². The van der Waals surface area contributed by atoms with Gasteiger partial charge in [-0.2, -0.15) is 0 Å². The molecule has 1 heterocycles. The van der Waals surface area contributed by atoms with Crippen molar-refractivity contribution in [2.24, 2.45) is 5.92 Å². The number of amides is 3. The van der Waals surface area contributed by atoms with Crippen LogP contribution in [0, 0.1) is 5.92 Å². The van der Waals surface area contributed by atoms with Crippen molar-refractivity contribution in [3.8, 4) is 17.2 Å². The number of carbonyl (C=O) groups excluding carboxylic acids is 2. The van der Waals surface area contributed by atoms with E-state index in [4.69, 9.17) is 14.2 Å². The summed E-state index contributed by atoms with van der Waals surface area (Å²) in [5.41, 5.74) is 2.96. The van der Waals surface area contributed by atoms with Crippen molar-refractivity contribution in [1.29, 1.82) is 0 Å². The van der Waals surface area contributed by atoms with Crippen LogP contribution in [0.25, 0.3) is 0 Å². The van der Waals surface area contributed by atoms with Crippen LogP contribution in [0.4, 0.5) is 16.2 Å². The van der Waals surface area contributed by atoms with Crippen molar-refractivity contribution >= 4 is 23.3 Å². The number of nitrogens with one attached hydrogen (secondary N) is 2. The molecule has 3 amide bonds. The second-order valence-corrected chi connectivity index (χ2v) is 11.1. The molecule has 3 N–H and O–H groups in total. The number of aliphatic hydroxyl groups is 1. The third kappa shape index (κ3) is 8.62. The number of anilines is 2. The lowest BCUT2D eigenvalue weighted by atomic mass is 10.0. The van der Waals surface area contributed by atoms with Crippen LogP contribution in [0.15, 0.2) is 66.7 Å². The maximum absolute atomic E-state index is 13.5. The quantitative estimate of drug-likeness (QED) is 0.316. The minimum absolute atomic E-state index is 0.0182. The van der Waals surface area contributed by atoms with Crippen LogP contribution in [-0.2, 0) is 17.8 Å². The van der Waals surface area contributed by atoms with E-state index in [1.165, 1.54) is 0 Å². The summed E-state index contributed by atoms with van der Waals surface area (Å²) in [6.45, 7) is 5.56. The number of hydrogen-bond donors (Lipinski definition) is 3. The molecule has 0 bridgehead atoms. The van der Waals surface area contributed by atoms with Gasteiger partial charge in [-0.1, -0.05) is 19.1 Å². The molecule has 3 aromatic rings. The van der Waals surface area contributed by atoms with E-state index in [1.807, 2.05) is 38.2 Å². The van der Waals surface area contributed by atoms with Crippen LogP contribution in [0.3, 0.4) is 0 Å². The van der Waals surface area contributed by atoms with Crippen molar-refractivity contribution in [3.63, 3.8) is 0 Å². The molecule has 0 saturated carbocycles. The van der Waals surface area contributed by atoms with Gasteiger partial charge in [-0.25, -0.2) is 4.79 Å². The number of aliphatic hydroxyl groups excluding tert-OH is 1. The van der Waals surface area contributed by atoms with E-state index >= 15 is 0 Å². The first-order chi connectivity index (χ1) is 20.7. The first-order valence-electron chi connectivity index (χ1n) is 14.4. The zero-order chi connectivity index (χ0) is 30.9. The molecular weight excluding hydrogens is 548 g/mol. The Hall–Kier alpha value is -4.28. The van der Waals surface area contributed by atoms with Gasteiger partial charge in [0.25, 0.3) is 0 Å². The Kier molecular flexibility index (Phi) is 10.9. The number of rotatable bonds is 10. The molecule has 0 unspecified atom stereocenters. The summed E-state index contributed by atoms with van der Waals surface area (Å²) < 4.78 is 17.1. The van der Waals surface area contributed by atoms with Crippen molar-refractivity contribution < 1.29 is 28.9 Å². The highest BCUT2D eigenvalue weighted by atomic mass is 16.5. The molecule has 1 aliphatic heterocycles. The molecule has 0 aliphatic carbocycles. The van der Waals surface area contributed by atoms with E-state index in [0.29, 0.717) is 48.1 Å². The van der Waals surface area contributed by atoms with Crippen LogP contribution in [-0.4, -0.2) is 80.0 Å². The molecule has 4 rings (SSSR count). The number of fused-ring (bicyclic) bond motifs is 1. The van der Waals surface area contributed by atoms with Crippen LogP contribution in [0.5, 0.6) is 17.2 Å². The number of urea groups is 1. The summed E-state index contributed by atoms with van der Waals surface area (Å²) >= 11 is 0. The van der Waals surface area contributed by atoms with Crippen LogP contribution in [0.1, 0.15) is 25.0 Å². The van der Waals surface area contributed by atoms with E-state index < -0.39 is 6.03 Å². The van der Waals surface area contributed by atoms with Gasteiger partial charge in [-0.15, -0.1) is 0 Å². The fourth-order valence-electron chi connectivity index (χ4n) is 5.11. The third-order valence-corrected chi connectivity index (χ3v) is 7.63. The zero-order valence-electron chi connectivity index (χ0n) is 25.5. The zero-order valence-corrected chi connectivity index (χ0v) is 25.5. The minimum atomic E-state index is -0.414. The van der Waals surface area contributed by atoms with Gasteiger partial charge in [0.05, 0.1) is 33.3 Å². The topological polar surface area (TPSA) is 113 Å². The molecule has 0 saturated heterocycles. The molecule has 0 aromatic heterocycles. The molecular formula is C33H42N4O6. The van der Waals surface area contributed by atoms with Crippen LogP contribution >= 0.6 is 0 Å². The smallest absolute Gasteiger partial charge is 0.323 e. The average molecular weight is 591 g/mol. The highest BCUT2D eigenvalue weighted by molar-refractivity contribution is 6.00. The van der Waals surface area contributed by atoms with Gasteiger partial charge in [0.1, 0.15) is 23.4 Å². The Morgan fingerprint density at radius 3 is 2.26 bits per heavy atom. The fourth-order valence-corrected chi connectivity index (χ4v) is 5.11. The minimum Gasteiger partial charge on any atom is -0.497 e. The summed E-state index contributed by atoms with van der Waals surface area (Å²) in [4.78, 5) is 30.2. The van der Waals surface area contributed by atoms with Crippen molar-refractivity contribution in [2.75, 3.05) is 51.6 Å². The number of hydrogen-bond acceptors (Lipinski definition) is 7. The second-order valence-electron chi connectivity index (χ2n) is 11.1. The molecule has 230 valence electrons. The Morgan fingerprint density at radius 1 is 1.02 bits per heavy atom. The highest BCUT2D eigenvalue weighted by Gasteiger charge is 2.31. The Balaban J connectivity index is 1.53. The second kappa shape index (κ2) is 14.8. The van der Waals surface area contributed by atoms with E-state index in [1.54, 1.807) is 61.6 Å². The van der Waals surface area contributed by atoms with Crippen LogP contribution in [0.2, 0.25) is 0 Å². The maximum Gasteiger partial charge on any atom is 0.323 e. The largest absolute Gasteiger partial charge is 0.497 e. The fraction of sp³-hybridized carbons (Fsp3) is 0.394. The Bertz CT molecular complexity index is 1360. The average Bonchev–Trinajstić information content (AvgIpc) is 3.04. The maximum atomic E-state index is 13.5.